The standard InChI is InChI=1S/C28H29ClN4O2/c1-17-2-11-22(12-3-17)31-28(35)20-8-15-24-25(16-20)33-26(32-24)18-4-6-19(7-5-18)27(34)30-23-13-9-21(29)10-14-23/h4-10,13-17,22,27,30,34H,2-3,11-12H2,1H3,(H,31,35)(H,32,33). The second-order valence-corrected chi connectivity index (χ2v) is 9.86. The normalized spacial score (nSPS) is 18.8. The molecule has 0 spiro atoms. The van der Waals surface area contributed by atoms with E-state index in [4.69, 9.17) is 11.6 Å². The maximum atomic E-state index is 12.8. The second kappa shape index (κ2) is 10.1. The zero-order valence-electron chi connectivity index (χ0n) is 19.6. The van der Waals surface area contributed by atoms with Gasteiger partial charge in [-0.15, -0.1) is 0 Å². The molecule has 1 aliphatic carbocycles. The van der Waals surface area contributed by atoms with E-state index in [2.05, 4.69) is 27.5 Å². The molecule has 5 rings (SSSR count). The predicted octanol–water partition coefficient (Wildman–Crippen LogP) is 6.29. The number of amides is 1. The van der Waals surface area contributed by atoms with Gasteiger partial charge in [0.05, 0.1) is 11.0 Å². The SMILES string of the molecule is CC1CCC(NC(=O)c2ccc3nc(-c4ccc(C(O)Nc5ccc(Cl)cc5)cc4)[nH]c3c2)CC1. The van der Waals surface area contributed by atoms with E-state index in [1.54, 1.807) is 12.1 Å². The van der Waals surface area contributed by atoms with Gasteiger partial charge in [-0.05, 0) is 74.1 Å². The van der Waals surface area contributed by atoms with E-state index in [0.29, 0.717) is 16.4 Å². The monoisotopic (exact) mass is 488 g/mol. The van der Waals surface area contributed by atoms with Gasteiger partial charge in [-0.1, -0.05) is 42.8 Å². The number of H-pyrrole nitrogens is 1. The lowest BCUT2D eigenvalue weighted by molar-refractivity contribution is 0.0923. The molecule has 1 unspecified atom stereocenters. The van der Waals surface area contributed by atoms with Gasteiger partial charge < -0.3 is 20.7 Å². The van der Waals surface area contributed by atoms with Gasteiger partial charge in [0.2, 0.25) is 0 Å². The second-order valence-electron chi connectivity index (χ2n) is 9.42. The van der Waals surface area contributed by atoms with E-state index >= 15 is 0 Å². The fraction of sp³-hybridized carbons (Fsp3) is 0.286. The fourth-order valence-corrected chi connectivity index (χ4v) is 4.70. The van der Waals surface area contributed by atoms with Gasteiger partial charge in [-0.2, -0.15) is 0 Å². The minimum absolute atomic E-state index is 0.0332. The molecule has 1 heterocycles. The number of nitrogens with one attached hydrogen (secondary N) is 3. The van der Waals surface area contributed by atoms with Crippen LogP contribution < -0.4 is 10.6 Å². The number of rotatable bonds is 6. The number of nitrogens with zero attached hydrogens (tertiary/aromatic N) is 1. The van der Waals surface area contributed by atoms with Crippen LogP contribution in [0, 0.1) is 5.92 Å². The highest BCUT2D eigenvalue weighted by Crippen LogP contribution is 2.26. The first-order valence-corrected chi connectivity index (χ1v) is 12.4. The lowest BCUT2D eigenvalue weighted by atomic mass is 9.87. The molecule has 0 saturated heterocycles. The first kappa shape index (κ1) is 23.4. The van der Waals surface area contributed by atoms with Crippen LogP contribution in [0.15, 0.2) is 66.7 Å². The first-order valence-electron chi connectivity index (χ1n) is 12.1. The number of carbonyl (C=O) groups excluding carboxylic acids is 1. The number of fused-ring (bicyclic) bond motifs is 1. The van der Waals surface area contributed by atoms with Crippen molar-refractivity contribution in [1.29, 1.82) is 0 Å². The Bertz CT molecular complexity index is 1310. The number of anilines is 1. The summed E-state index contributed by atoms with van der Waals surface area (Å²) >= 11 is 5.92. The minimum atomic E-state index is -0.852. The summed E-state index contributed by atoms with van der Waals surface area (Å²) in [4.78, 5) is 20.8. The van der Waals surface area contributed by atoms with Crippen LogP contribution in [0.5, 0.6) is 0 Å². The molecule has 6 nitrogen and oxygen atoms in total. The number of hydrogen-bond acceptors (Lipinski definition) is 4. The van der Waals surface area contributed by atoms with E-state index in [1.807, 2.05) is 54.6 Å². The van der Waals surface area contributed by atoms with Crippen LogP contribution in [0.4, 0.5) is 5.69 Å². The zero-order valence-corrected chi connectivity index (χ0v) is 20.3. The number of aromatic amines is 1. The first-order chi connectivity index (χ1) is 16.9. The number of halogens is 1. The zero-order chi connectivity index (χ0) is 24.4. The van der Waals surface area contributed by atoms with Crippen LogP contribution in [0.25, 0.3) is 22.4 Å². The molecule has 0 bridgehead atoms. The third-order valence-electron chi connectivity index (χ3n) is 6.74. The molecule has 1 aliphatic rings. The smallest absolute Gasteiger partial charge is 0.251 e. The van der Waals surface area contributed by atoms with E-state index in [-0.39, 0.29) is 11.9 Å². The van der Waals surface area contributed by atoms with Crippen LogP contribution in [0.1, 0.15) is 54.8 Å². The summed E-state index contributed by atoms with van der Waals surface area (Å²) in [5.41, 5.74) is 4.66. The summed E-state index contributed by atoms with van der Waals surface area (Å²) in [7, 11) is 0. The summed E-state index contributed by atoms with van der Waals surface area (Å²) < 4.78 is 0. The molecular weight excluding hydrogens is 460 g/mol. The van der Waals surface area contributed by atoms with Crippen molar-refractivity contribution in [2.24, 2.45) is 5.92 Å². The average molecular weight is 489 g/mol. The Labute approximate surface area is 209 Å². The van der Waals surface area contributed by atoms with E-state index in [9.17, 15) is 9.90 Å². The molecule has 180 valence electrons. The van der Waals surface area contributed by atoms with E-state index in [0.717, 1.165) is 46.6 Å². The molecule has 1 amide bonds. The Kier molecular flexibility index (Phi) is 6.75. The Hall–Kier alpha value is -3.35. The number of hydrogen-bond donors (Lipinski definition) is 4. The predicted molar refractivity (Wildman–Crippen MR) is 140 cm³/mol. The van der Waals surface area contributed by atoms with Crippen LogP contribution in [-0.2, 0) is 0 Å². The molecule has 35 heavy (non-hydrogen) atoms. The molecule has 1 saturated carbocycles. The Morgan fingerprint density at radius 1 is 1.03 bits per heavy atom. The van der Waals surface area contributed by atoms with Crippen molar-refractivity contribution in [3.8, 4) is 11.4 Å². The van der Waals surface area contributed by atoms with Gasteiger partial charge in [0.25, 0.3) is 5.91 Å². The van der Waals surface area contributed by atoms with Crippen molar-refractivity contribution in [1.82, 2.24) is 15.3 Å². The summed E-state index contributed by atoms with van der Waals surface area (Å²) in [5, 5.41) is 17.4. The van der Waals surface area contributed by atoms with Gasteiger partial charge in [0.1, 0.15) is 5.82 Å². The van der Waals surface area contributed by atoms with Crippen LogP contribution >= 0.6 is 11.6 Å². The van der Waals surface area contributed by atoms with Gasteiger partial charge in [0.15, 0.2) is 6.23 Å². The Balaban J connectivity index is 1.27. The number of aliphatic hydroxyl groups excluding tert-OH is 1. The lowest BCUT2D eigenvalue weighted by Gasteiger charge is -2.26. The summed E-state index contributed by atoms with van der Waals surface area (Å²) in [5.74, 6) is 1.43. The summed E-state index contributed by atoms with van der Waals surface area (Å²) in [6.45, 7) is 2.27. The highest BCUT2D eigenvalue weighted by atomic mass is 35.5. The van der Waals surface area contributed by atoms with Gasteiger partial charge in [0, 0.05) is 33.4 Å². The summed E-state index contributed by atoms with van der Waals surface area (Å²) in [6.07, 6.45) is 3.57. The molecule has 0 aliphatic heterocycles. The Morgan fingerprint density at radius 2 is 1.74 bits per heavy atom. The van der Waals surface area contributed by atoms with Crippen molar-refractivity contribution >= 4 is 34.2 Å². The third-order valence-corrected chi connectivity index (χ3v) is 6.99. The number of benzene rings is 3. The summed E-state index contributed by atoms with van der Waals surface area (Å²) in [6, 6.07) is 20.6. The van der Waals surface area contributed by atoms with Gasteiger partial charge in [-0.25, -0.2) is 4.98 Å². The molecule has 1 aromatic heterocycles. The topological polar surface area (TPSA) is 90.0 Å². The molecule has 4 N–H and O–H groups in total. The molecule has 1 atom stereocenters. The number of aliphatic hydroxyl groups is 1. The highest BCUT2D eigenvalue weighted by Gasteiger charge is 2.20. The molecule has 4 aromatic rings. The Morgan fingerprint density at radius 3 is 2.46 bits per heavy atom. The van der Waals surface area contributed by atoms with Gasteiger partial charge >= 0.3 is 0 Å². The van der Waals surface area contributed by atoms with Crippen LogP contribution in [0.2, 0.25) is 5.02 Å². The third kappa shape index (κ3) is 5.50. The largest absolute Gasteiger partial charge is 0.369 e. The molecule has 3 aromatic carbocycles. The van der Waals surface area contributed by atoms with Crippen LogP contribution in [-0.4, -0.2) is 27.0 Å². The number of carbonyl (C=O) groups is 1. The van der Waals surface area contributed by atoms with Gasteiger partial charge in [-0.3, -0.25) is 4.79 Å². The molecule has 7 heteroatoms. The van der Waals surface area contributed by atoms with Crippen molar-refractivity contribution in [2.45, 2.75) is 44.9 Å². The van der Waals surface area contributed by atoms with E-state index in [1.165, 1.54) is 12.8 Å². The number of aromatic nitrogens is 2. The fourth-order valence-electron chi connectivity index (χ4n) is 4.57. The van der Waals surface area contributed by atoms with Crippen molar-refractivity contribution in [3.63, 3.8) is 0 Å². The molecular formula is C28H29ClN4O2. The maximum absolute atomic E-state index is 12.8. The van der Waals surface area contributed by atoms with Crippen LogP contribution in [0.3, 0.4) is 0 Å². The molecule has 0 radical (unpaired) electrons. The lowest BCUT2D eigenvalue weighted by Crippen LogP contribution is -2.37. The van der Waals surface area contributed by atoms with Crippen molar-refractivity contribution in [3.05, 3.63) is 82.9 Å². The average Bonchev–Trinajstić information content (AvgIpc) is 3.30. The van der Waals surface area contributed by atoms with Crippen molar-refractivity contribution < 1.29 is 9.90 Å². The van der Waals surface area contributed by atoms with E-state index < -0.39 is 6.23 Å². The molecule has 1 fully saturated rings. The minimum Gasteiger partial charge on any atom is -0.369 e. The number of imidazole rings is 1. The highest BCUT2D eigenvalue weighted by molar-refractivity contribution is 6.30. The maximum Gasteiger partial charge on any atom is 0.251 e. The quantitative estimate of drug-likeness (QED) is 0.240. The van der Waals surface area contributed by atoms with Crippen molar-refractivity contribution in [2.75, 3.05) is 5.32 Å².